The lowest BCUT2D eigenvalue weighted by molar-refractivity contribution is 0.502. The molecule has 2 nitrogen and oxygen atoms in total. The van der Waals surface area contributed by atoms with Crippen molar-refractivity contribution < 1.29 is 9.79 Å². The van der Waals surface area contributed by atoms with Gasteiger partial charge in [-0.1, -0.05) is 25.2 Å². The van der Waals surface area contributed by atoms with E-state index >= 15 is 0 Å². The maximum Gasteiger partial charge on any atom is 0.242 e. The molecule has 0 fully saturated rings. The molecular weight excluding hydrogens is 187 g/mol. The van der Waals surface area contributed by atoms with E-state index in [1.807, 2.05) is 13.8 Å². The first-order valence-electron chi connectivity index (χ1n) is 2.66. The van der Waals surface area contributed by atoms with Gasteiger partial charge in [-0.3, -0.25) is 0 Å². The molecule has 0 aliphatic carbocycles. The van der Waals surface area contributed by atoms with Gasteiger partial charge in [-0.2, -0.15) is 0 Å². The molecule has 0 unspecified atom stereocenters. The van der Waals surface area contributed by atoms with E-state index in [1.165, 1.54) is 0 Å². The molecular formula is C5H13O2PS2. The van der Waals surface area contributed by atoms with Gasteiger partial charge in [-0.15, -0.1) is 13.2 Å². The van der Waals surface area contributed by atoms with Crippen molar-refractivity contribution in [1.82, 2.24) is 0 Å². The van der Waals surface area contributed by atoms with Crippen molar-refractivity contribution in [3.63, 3.8) is 0 Å². The van der Waals surface area contributed by atoms with Crippen LogP contribution in [0.4, 0.5) is 0 Å². The largest absolute Gasteiger partial charge is 0.338 e. The summed E-state index contributed by atoms with van der Waals surface area (Å²) < 4.78 is 0. The second-order valence-corrected chi connectivity index (χ2v) is 8.16. The lowest BCUT2D eigenvalue weighted by atomic mass is 10.6. The highest BCUT2D eigenvalue weighted by Gasteiger charge is 2.09. The SMILES string of the molecule is C=C.CC(C)SP(O)(O)=S. The van der Waals surface area contributed by atoms with Crippen LogP contribution >= 0.6 is 17.1 Å². The molecule has 5 heteroatoms. The average Bonchev–Trinajstić information content (AvgIpc) is 1.64. The first-order chi connectivity index (χ1) is 4.42. The van der Waals surface area contributed by atoms with E-state index in [1.54, 1.807) is 0 Å². The van der Waals surface area contributed by atoms with Crippen LogP contribution in [0.25, 0.3) is 0 Å². The highest BCUT2D eigenvalue weighted by Crippen LogP contribution is 2.52. The third-order valence-electron chi connectivity index (χ3n) is 0.348. The molecule has 0 aromatic carbocycles. The Labute approximate surface area is 71.3 Å². The van der Waals surface area contributed by atoms with Crippen molar-refractivity contribution in [3.05, 3.63) is 13.2 Å². The van der Waals surface area contributed by atoms with Gasteiger partial charge in [0.1, 0.15) is 0 Å². The Morgan fingerprint density at radius 1 is 1.40 bits per heavy atom. The summed E-state index contributed by atoms with van der Waals surface area (Å²) in [7, 11) is 0. The zero-order valence-electron chi connectivity index (χ0n) is 6.15. The monoisotopic (exact) mass is 200 g/mol. The van der Waals surface area contributed by atoms with Crippen LogP contribution in [0.1, 0.15) is 13.8 Å². The van der Waals surface area contributed by atoms with Gasteiger partial charge in [-0.25, -0.2) is 0 Å². The van der Waals surface area contributed by atoms with E-state index in [-0.39, 0.29) is 5.25 Å². The molecule has 0 amide bonds. The predicted molar refractivity (Wildman–Crippen MR) is 52.7 cm³/mol. The summed E-state index contributed by atoms with van der Waals surface area (Å²) in [5, 5.41) is 0.204. The van der Waals surface area contributed by atoms with Crippen molar-refractivity contribution in [2.75, 3.05) is 0 Å². The van der Waals surface area contributed by atoms with Crippen LogP contribution in [0.2, 0.25) is 0 Å². The standard InChI is InChI=1S/C3H9O2PS2.C2H4/c1-3(2)8-6(4,5)7;1-2/h3H,1-2H3,(H2,4,5,7);1-2H2. The predicted octanol–water partition coefficient (Wildman–Crippen LogP) is 2.14. The van der Waals surface area contributed by atoms with Gasteiger partial charge in [0.25, 0.3) is 0 Å². The molecule has 0 heterocycles. The van der Waals surface area contributed by atoms with E-state index in [4.69, 9.17) is 9.79 Å². The van der Waals surface area contributed by atoms with E-state index in [2.05, 4.69) is 25.0 Å². The summed E-state index contributed by atoms with van der Waals surface area (Å²) in [6, 6.07) is 0. The second kappa shape index (κ2) is 6.38. The number of hydrogen-bond donors (Lipinski definition) is 2. The maximum atomic E-state index is 8.63. The summed E-state index contributed by atoms with van der Waals surface area (Å²) in [5.41, 5.74) is -2.97. The highest BCUT2D eigenvalue weighted by molar-refractivity contribution is 8.67. The van der Waals surface area contributed by atoms with Crippen LogP contribution in [-0.2, 0) is 11.8 Å². The maximum absolute atomic E-state index is 8.63. The Kier molecular flexibility index (Phi) is 8.46. The Morgan fingerprint density at radius 2 is 1.70 bits per heavy atom. The lowest BCUT2D eigenvalue weighted by Crippen LogP contribution is -1.84. The fraction of sp³-hybridized carbons (Fsp3) is 0.600. The van der Waals surface area contributed by atoms with Crippen molar-refractivity contribution in [3.8, 4) is 0 Å². The van der Waals surface area contributed by atoms with Crippen molar-refractivity contribution in [2.45, 2.75) is 19.1 Å². The molecule has 2 N–H and O–H groups in total. The topological polar surface area (TPSA) is 40.5 Å². The van der Waals surface area contributed by atoms with Crippen LogP contribution in [0.3, 0.4) is 0 Å². The van der Waals surface area contributed by atoms with Crippen molar-refractivity contribution in [2.24, 2.45) is 0 Å². The fourth-order valence-corrected chi connectivity index (χ4v) is 4.02. The Hall–Kier alpha value is 0.660. The summed E-state index contributed by atoms with van der Waals surface area (Å²) in [5.74, 6) is 0. The van der Waals surface area contributed by atoms with Crippen LogP contribution in [0.15, 0.2) is 13.2 Å². The van der Waals surface area contributed by atoms with Gasteiger partial charge >= 0.3 is 0 Å². The van der Waals surface area contributed by atoms with Gasteiger partial charge < -0.3 is 9.79 Å². The molecule has 0 rings (SSSR count). The minimum atomic E-state index is -2.97. The molecule has 0 bridgehead atoms. The van der Waals surface area contributed by atoms with Gasteiger partial charge in [0.15, 0.2) is 0 Å². The molecule has 0 spiro atoms. The molecule has 0 aliphatic heterocycles. The zero-order chi connectivity index (χ0) is 8.78. The zero-order valence-corrected chi connectivity index (χ0v) is 8.68. The molecule has 0 aromatic rings. The van der Waals surface area contributed by atoms with Crippen molar-refractivity contribution in [1.29, 1.82) is 0 Å². The van der Waals surface area contributed by atoms with Crippen LogP contribution in [0.5, 0.6) is 0 Å². The molecule has 0 saturated carbocycles. The third kappa shape index (κ3) is 15.9. The molecule has 10 heavy (non-hydrogen) atoms. The van der Waals surface area contributed by atoms with Gasteiger partial charge in [0, 0.05) is 5.25 Å². The van der Waals surface area contributed by atoms with E-state index < -0.39 is 5.69 Å². The molecule has 0 radical (unpaired) electrons. The Bertz CT molecular complexity index is 121. The molecule has 0 atom stereocenters. The quantitative estimate of drug-likeness (QED) is 0.529. The minimum Gasteiger partial charge on any atom is -0.338 e. The molecule has 0 saturated heterocycles. The van der Waals surface area contributed by atoms with Gasteiger partial charge in [0.05, 0.1) is 0 Å². The number of hydrogen-bond acceptors (Lipinski definition) is 2. The molecule has 62 valence electrons. The number of rotatable bonds is 2. The molecule has 0 aromatic heterocycles. The van der Waals surface area contributed by atoms with Crippen LogP contribution in [-0.4, -0.2) is 15.0 Å². The summed E-state index contributed by atoms with van der Waals surface area (Å²) in [4.78, 5) is 17.3. The average molecular weight is 200 g/mol. The molecule has 0 aliphatic rings. The fourth-order valence-electron chi connectivity index (χ4n) is 0.275. The van der Waals surface area contributed by atoms with E-state index in [0.717, 1.165) is 11.4 Å². The van der Waals surface area contributed by atoms with Gasteiger partial charge in [-0.05, 0) is 11.8 Å². The highest BCUT2D eigenvalue weighted by atomic mass is 32.9. The van der Waals surface area contributed by atoms with Crippen LogP contribution < -0.4 is 0 Å². The normalized spacial score (nSPS) is 10.5. The van der Waals surface area contributed by atoms with E-state index in [9.17, 15) is 0 Å². The Balaban J connectivity index is 0. The van der Waals surface area contributed by atoms with Gasteiger partial charge in [0.2, 0.25) is 5.69 Å². The first kappa shape index (κ1) is 13.3. The minimum absolute atomic E-state index is 0.204. The summed E-state index contributed by atoms with van der Waals surface area (Å²) in [6.45, 7) is 9.75. The summed E-state index contributed by atoms with van der Waals surface area (Å²) >= 11 is 5.39. The smallest absolute Gasteiger partial charge is 0.242 e. The van der Waals surface area contributed by atoms with E-state index in [0.29, 0.717) is 0 Å². The second-order valence-electron chi connectivity index (χ2n) is 1.64. The lowest BCUT2D eigenvalue weighted by Gasteiger charge is -2.07. The van der Waals surface area contributed by atoms with Crippen LogP contribution in [0, 0.1) is 0 Å². The van der Waals surface area contributed by atoms with Crippen molar-refractivity contribution >= 4 is 28.9 Å². The summed E-state index contributed by atoms with van der Waals surface area (Å²) in [6.07, 6.45) is 0. The third-order valence-corrected chi connectivity index (χ3v) is 3.91. The first-order valence-corrected chi connectivity index (χ1v) is 6.85. The Morgan fingerprint density at radius 3 is 1.70 bits per heavy atom.